The number of fused-ring (bicyclic) bond motifs is 1. The molecule has 0 aromatic heterocycles. The van der Waals surface area contributed by atoms with Gasteiger partial charge in [-0.1, -0.05) is 97.1 Å². The SMILES string of the molecule is O=C(c1ccccc1)C(O)(N=Nc1cccc2ccccc12)c1ccccc1. The van der Waals surface area contributed by atoms with Crippen molar-refractivity contribution in [3.05, 3.63) is 114 Å². The van der Waals surface area contributed by atoms with Gasteiger partial charge in [-0.2, -0.15) is 5.11 Å². The van der Waals surface area contributed by atoms with E-state index in [4.69, 9.17) is 0 Å². The summed E-state index contributed by atoms with van der Waals surface area (Å²) < 4.78 is 0. The topological polar surface area (TPSA) is 62.0 Å². The van der Waals surface area contributed by atoms with Gasteiger partial charge in [0.05, 0.1) is 5.69 Å². The van der Waals surface area contributed by atoms with Crippen molar-refractivity contribution in [2.45, 2.75) is 5.72 Å². The van der Waals surface area contributed by atoms with Crippen LogP contribution in [0.25, 0.3) is 10.8 Å². The highest BCUT2D eigenvalue weighted by atomic mass is 16.3. The number of rotatable bonds is 5. The van der Waals surface area contributed by atoms with E-state index >= 15 is 0 Å². The fraction of sp³-hybridized carbons (Fsp3) is 0.0417. The standard InChI is InChI=1S/C24H18N2O2/c27-23(19-11-3-1-4-12-19)24(28,20-14-5-2-6-15-20)26-25-22-17-9-13-18-10-7-8-16-21(18)22/h1-17,28H. The van der Waals surface area contributed by atoms with E-state index in [0.717, 1.165) is 10.8 Å². The average Bonchev–Trinajstić information content (AvgIpc) is 2.78. The molecule has 0 aliphatic rings. The van der Waals surface area contributed by atoms with Gasteiger partial charge in [0.15, 0.2) is 0 Å². The van der Waals surface area contributed by atoms with Crippen molar-refractivity contribution in [1.29, 1.82) is 0 Å². The van der Waals surface area contributed by atoms with Gasteiger partial charge >= 0.3 is 0 Å². The first-order valence-corrected chi connectivity index (χ1v) is 8.97. The van der Waals surface area contributed by atoms with Gasteiger partial charge < -0.3 is 5.11 Å². The number of hydrogen-bond donors (Lipinski definition) is 1. The molecule has 4 aromatic rings. The fourth-order valence-corrected chi connectivity index (χ4v) is 3.12. The minimum Gasteiger partial charge on any atom is -0.358 e. The van der Waals surface area contributed by atoms with Gasteiger partial charge in [-0.05, 0) is 11.5 Å². The summed E-state index contributed by atoms with van der Waals surface area (Å²) in [5.74, 6) is -0.525. The molecular weight excluding hydrogens is 348 g/mol. The van der Waals surface area contributed by atoms with Crippen molar-refractivity contribution in [2.75, 3.05) is 0 Å². The van der Waals surface area contributed by atoms with Crippen LogP contribution in [0.4, 0.5) is 5.69 Å². The summed E-state index contributed by atoms with van der Waals surface area (Å²) >= 11 is 0. The lowest BCUT2D eigenvalue weighted by molar-refractivity contribution is 0.0309. The fourth-order valence-electron chi connectivity index (χ4n) is 3.12. The summed E-state index contributed by atoms with van der Waals surface area (Å²) in [4.78, 5) is 13.1. The first-order valence-electron chi connectivity index (χ1n) is 8.97. The summed E-state index contributed by atoms with van der Waals surface area (Å²) in [6, 6.07) is 30.7. The second-order valence-corrected chi connectivity index (χ2v) is 6.43. The van der Waals surface area contributed by atoms with E-state index in [1.807, 2.05) is 54.6 Å². The lowest BCUT2D eigenvalue weighted by Crippen LogP contribution is -2.33. The van der Waals surface area contributed by atoms with Crippen molar-refractivity contribution in [3.8, 4) is 0 Å². The van der Waals surface area contributed by atoms with Crippen LogP contribution in [0.1, 0.15) is 15.9 Å². The molecule has 4 aromatic carbocycles. The maximum atomic E-state index is 13.1. The largest absolute Gasteiger partial charge is 0.358 e. The molecule has 4 rings (SSSR count). The molecule has 0 amide bonds. The van der Waals surface area contributed by atoms with E-state index < -0.39 is 11.5 Å². The molecule has 0 heterocycles. The van der Waals surface area contributed by atoms with Crippen LogP contribution in [0.2, 0.25) is 0 Å². The summed E-state index contributed by atoms with van der Waals surface area (Å²) in [6.45, 7) is 0. The molecule has 0 saturated heterocycles. The Labute approximate surface area is 162 Å². The van der Waals surface area contributed by atoms with Crippen LogP contribution in [0.15, 0.2) is 113 Å². The molecule has 0 fully saturated rings. The number of nitrogens with zero attached hydrogens (tertiary/aromatic N) is 2. The van der Waals surface area contributed by atoms with E-state index in [0.29, 0.717) is 16.8 Å². The van der Waals surface area contributed by atoms with Gasteiger partial charge in [0.1, 0.15) is 0 Å². The maximum Gasteiger partial charge on any atom is 0.266 e. The molecule has 1 atom stereocenters. The number of carbonyl (C=O) groups excluding carboxylic acids is 1. The Morgan fingerprint density at radius 3 is 2.07 bits per heavy atom. The molecule has 0 bridgehead atoms. The van der Waals surface area contributed by atoms with Crippen LogP contribution >= 0.6 is 0 Å². The predicted octanol–water partition coefficient (Wildman–Crippen LogP) is 5.65. The van der Waals surface area contributed by atoms with Gasteiger partial charge in [0.2, 0.25) is 5.78 Å². The van der Waals surface area contributed by atoms with E-state index in [1.165, 1.54) is 0 Å². The monoisotopic (exact) mass is 366 g/mol. The van der Waals surface area contributed by atoms with Crippen LogP contribution < -0.4 is 0 Å². The first kappa shape index (κ1) is 17.8. The van der Waals surface area contributed by atoms with Crippen LogP contribution in [0.5, 0.6) is 0 Å². The molecule has 0 radical (unpaired) electrons. The van der Waals surface area contributed by atoms with Crippen molar-refractivity contribution in [2.24, 2.45) is 10.2 Å². The number of carbonyl (C=O) groups is 1. The van der Waals surface area contributed by atoms with Gasteiger partial charge in [0.25, 0.3) is 5.72 Å². The minimum absolute atomic E-state index is 0.366. The van der Waals surface area contributed by atoms with Crippen LogP contribution in [-0.4, -0.2) is 10.9 Å². The zero-order valence-electron chi connectivity index (χ0n) is 15.1. The van der Waals surface area contributed by atoms with E-state index in [-0.39, 0.29) is 0 Å². The van der Waals surface area contributed by atoms with Gasteiger partial charge in [-0.3, -0.25) is 4.79 Å². The highest BCUT2D eigenvalue weighted by Gasteiger charge is 2.39. The van der Waals surface area contributed by atoms with Gasteiger partial charge in [-0.15, -0.1) is 5.11 Å². The Bertz CT molecular complexity index is 1140. The first-order chi connectivity index (χ1) is 13.7. The number of hydrogen-bond acceptors (Lipinski definition) is 4. The second kappa shape index (κ2) is 7.55. The Morgan fingerprint density at radius 1 is 0.714 bits per heavy atom. The minimum atomic E-state index is -2.11. The van der Waals surface area contributed by atoms with Crippen molar-refractivity contribution >= 4 is 22.2 Å². The van der Waals surface area contributed by atoms with E-state index in [2.05, 4.69) is 10.2 Å². The molecule has 0 aliphatic carbocycles. The molecule has 1 unspecified atom stereocenters. The molecule has 136 valence electrons. The zero-order chi connectivity index (χ0) is 19.4. The Balaban J connectivity index is 1.82. The van der Waals surface area contributed by atoms with Crippen molar-refractivity contribution in [1.82, 2.24) is 0 Å². The number of ketones is 1. The number of aliphatic hydroxyl groups is 1. The predicted molar refractivity (Wildman–Crippen MR) is 110 cm³/mol. The maximum absolute atomic E-state index is 13.1. The summed E-state index contributed by atoms with van der Waals surface area (Å²) in [5.41, 5.74) is -0.786. The lowest BCUT2D eigenvalue weighted by Gasteiger charge is -2.21. The quantitative estimate of drug-likeness (QED) is 0.366. The van der Waals surface area contributed by atoms with Crippen molar-refractivity contribution in [3.63, 3.8) is 0 Å². The highest BCUT2D eigenvalue weighted by Crippen LogP contribution is 2.32. The van der Waals surface area contributed by atoms with Crippen LogP contribution in [0.3, 0.4) is 0 Å². The zero-order valence-corrected chi connectivity index (χ0v) is 15.1. The smallest absolute Gasteiger partial charge is 0.266 e. The highest BCUT2D eigenvalue weighted by molar-refractivity contribution is 6.02. The summed E-state index contributed by atoms with van der Waals surface area (Å²) in [6.07, 6.45) is 0. The number of benzene rings is 4. The molecule has 4 nitrogen and oxygen atoms in total. The Hall–Kier alpha value is -3.63. The molecule has 1 N–H and O–H groups in total. The van der Waals surface area contributed by atoms with E-state index in [1.54, 1.807) is 48.5 Å². The number of azo groups is 1. The molecular formula is C24H18N2O2. The number of Topliss-reactive ketones (excluding diaryl/α,β-unsaturated/α-hetero) is 1. The summed E-state index contributed by atoms with van der Waals surface area (Å²) in [7, 11) is 0. The molecule has 0 aliphatic heterocycles. The Morgan fingerprint density at radius 2 is 1.32 bits per heavy atom. The van der Waals surface area contributed by atoms with Gasteiger partial charge in [-0.25, -0.2) is 0 Å². The molecule has 4 heteroatoms. The second-order valence-electron chi connectivity index (χ2n) is 6.43. The third-order valence-corrected chi connectivity index (χ3v) is 4.60. The normalized spacial score (nSPS) is 13.5. The third kappa shape index (κ3) is 3.33. The van der Waals surface area contributed by atoms with Crippen molar-refractivity contribution < 1.29 is 9.90 Å². The molecule has 0 spiro atoms. The van der Waals surface area contributed by atoms with Crippen LogP contribution in [0, 0.1) is 0 Å². The third-order valence-electron chi connectivity index (χ3n) is 4.60. The average molecular weight is 366 g/mol. The summed E-state index contributed by atoms with van der Waals surface area (Å²) in [5, 5.41) is 21.7. The lowest BCUT2D eigenvalue weighted by atomic mass is 9.94. The molecule has 0 saturated carbocycles. The van der Waals surface area contributed by atoms with Crippen LogP contribution in [-0.2, 0) is 5.72 Å². The van der Waals surface area contributed by atoms with Gasteiger partial charge in [0, 0.05) is 16.5 Å². The molecule has 28 heavy (non-hydrogen) atoms. The van der Waals surface area contributed by atoms with E-state index in [9.17, 15) is 9.90 Å². The Kier molecular flexibility index (Phi) is 4.79.